The lowest BCUT2D eigenvalue weighted by Gasteiger charge is -2.09. The molecule has 4 N–H and O–H groups in total. The number of rotatable bonds is 5. The summed E-state index contributed by atoms with van der Waals surface area (Å²) >= 11 is 0. The van der Waals surface area contributed by atoms with Crippen LogP contribution in [0.15, 0.2) is 29.3 Å². The first kappa shape index (κ1) is 16.0. The minimum Gasteiger partial charge on any atom is -0.370 e. The molecule has 0 atom stereocenters. The van der Waals surface area contributed by atoms with Crippen molar-refractivity contribution in [2.45, 2.75) is 40.3 Å². The van der Waals surface area contributed by atoms with Crippen molar-refractivity contribution >= 4 is 17.6 Å². The molecular weight excluding hydrogens is 252 g/mol. The number of nitrogens with zero attached hydrogens (tertiary/aromatic N) is 1. The molecule has 1 amide bonds. The molecule has 0 heterocycles. The largest absolute Gasteiger partial charge is 0.370 e. The molecular formula is C15H24N4O. The second kappa shape index (κ2) is 7.53. The molecule has 0 aliphatic rings. The highest BCUT2D eigenvalue weighted by Gasteiger charge is 2.06. The maximum Gasteiger partial charge on any atom is 0.226 e. The van der Waals surface area contributed by atoms with Gasteiger partial charge in [0.25, 0.3) is 0 Å². The average molecular weight is 276 g/mol. The van der Waals surface area contributed by atoms with Crippen LogP contribution >= 0.6 is 0 Å². The monoisotopic (exact) mass is 276 g/mol. The van der Waals surface area contributed by atoms with E-state index >= 15 is 0 Å². The number of guanidine groups is 1. The minimum absolute atomic E-state index is 0.0150. The Morgan fingerprint density at radius 3 is 2.30 bits per heavy atom. The first-order chi connectivity index (χ1) is 9.38. The third-order valence-corrected chi connectivity index (χ3v) is 2.61. The Morgan fingerprint density at radius 1 is 1.20 bits per heavy atom. The summed E-state index contributed by atoms with van der Waals surface area (Å²) < 4.78 is 0. The van der Waals surface area contributed by atoms with Crippen molar-refractivity contribution in [2.24, 2.45) is 16.6 Å². The number of hydrogen-bond acceptors (Lipinski definition) is 2. The van der Waals surface area contributed by atoms with Gasteiger partial charge in [0.2, 0.25) is 5.91 Å². The molecule has 0 bridgehead atoms. The quantitative estimate of drug-likeness (QED) is 0.569. The summed E-state index contributed by atoms with van der Waals surface area (Å²) in [4.78, 5) is 15.8. The summed E-state index contributed by atoms with van der Waals surface area (Å²) in [5.74, 6) is 0.430. The van der Waals surface area contributed by atoms with Gasteiger partial charge in [-0.15, -0.1) is 0 Å². The van der Waals surface area contributed by atoms with Crippen LogP contribution in [0.5, 0.6) is 0 Å². The Hall–Kier alpha value is -2.04. The lowest BCUT2D eigenvalue weighted by Crippen LogP contribution is -2.36. The molecule has 1 aromatic carbocycles. The van der Waals surface area contributed by atoms with Crippen LogP contribution in [-0.2, 0) is 11.3 Å². The molecule has 20 heavy (non-hydrogen) atoms. The van der Waals surface area contributed by atoms with Gasteiger partial charge >= 0.3 is 0 Å². The number of benzene rings is 1. The molecule has 110 valence electrons. The van der Waals surface area contributed by atoms with Crippen molar-refractivity contribution in [3.05, 3.63) is 29.8 Å². The van der Waals surface area contributed by atoms with Crippen LogP contribution < -0.4 is 16.4 Å². The van der Waals surface area contributed by atoms with Crippen LogP contribution in [0, 0.1) is 5.92 Å². The van der Waals surface area contributed by atoms with E-state index in [0.29, 0.717) is 12.5 Å². The summed E-state index contributed by atoms with van der Waals surface area (Å²) in [6.07, 6.45) is 0. The summed E-state index contributed by atoms with van der Waals surface area (Å²) in [7, 11) is 0. The summed E-state index contributed by atoms with van der Waals surface area (Å²) in [5.41, 5.74) is 7.57. The van der Waals surface area contributed by atoms with Crippen molar-refractivity contribution in [1.82, 2.24) is 5.32 Å². The first-order valence-corrected chi connectivity index (χ1v) is 6.84. The van der Waals surface area contributed by atoms with Crippen LogP contribution in [0.25, 0.3) is 0 Å². The fraction of sp³-hybridized carbons (Fsp3) is 0.467. The van der Waals surface area contributed by atoms with E-state index in [4.69, 9.17) is 5.73 Å². The molecule has 0 radical (unpaired) electrons. The fourth-order valence-corrected chi connectivity index (χ4v) is 1.50. The fourth-order valence-electron chi connectivity index (χ4n) is 1.50. The predicted octanol–water partition coefficient (Wildman–Crippen LogP) is 2.09. The smallest absolute Gasteiger partial charge is 0.226 e. The summed E-state index contributed by atoms with van der Waals surface area (Å²) in [6, 6.07) is 7.88. The molecule has 5 heteroatoms. The van der Waals surface area contributed by atoms with Gasteiger partial charge in [-0.3, -0.25) is 4.79 Å². The van der Waals surface area contributed by atoms with E-state index < -0.39 is 0 Å². The first-order valence-electron chi connectivity index (χ1n) is 6.84. The van der Waals surface area contributed by atoms with Gasteiger partial charge in [-0.25, -0.2) is 4.99 Å². The number of nitrogens with two attached hydrogens (primary N) is 1. The van der Waals surface area contributed by atoms with Crippen LogP contribution in [0.2, 0.25) is 0 Å². The van der Waals surface area contributed by atoms with Crippen molar-refractivity contribution in [3.8, 4) is 0 Å². The van der Waals surface area contributed by atoms with E-state index in [0.717, 1.165) is 11.3 Å². The van der Waals surface area contributed by atoms with Gasteiger partial charge in [0.05, 0.1) is 6.54 Å². The third kappa shape index (κ3) is 5.73. The number of nitrogens with one attached hydrogen (secondary N) is 2. The Balaban J connectivity index is 2.56. The molecule has 0 aliphatic carbocycles. The Kier molecular flexibility index (Phi) is 6.03. The molecule has 5 nitrogen and oxygen atoms in total. The Morgan fingerprint density at radius 2 is 1.80 bits per heavy atom. The van der Waals surface area contributed by atoms with E-state index in [1.165, 1.54) is 0 Å². The molecule has 0 spiro atoms. The van der Waals surface area contributed by atoms with Crippen molar-refractivity contribution in [3.63, 3.8) is 0 Å². The van der Waals surface area contributed by atoms with Crippen LogP contribution in [0.4, 0.5) is 5.69 Å². The molecule has 0 fully saturated rings. The molecule has 0 aliphatic heterocycles. The highest BCUT2D eigenvalue weighted by molar-refractivity contribution is 5.92. The lowest BCUT2D eigenvalue weighted by atomic mass is 10.2. The molecule has 0 saturated heterocycles. The Bertz CT molecular complexity index is 463. The second-order valence-electron chi connectivity index (χ2n) is 5.34. The lowest BCUT2D eigenvalue weighted by molar-refractivity contribution is -0.118. The molecule has 0 saturated carbocycles. The maximum atomic E-state index is 11.6. The normalized spacial score (nSPS) is 11.8. The van der Waals surface area contributed by atoms with Gasteiger partial charge in [-0.1, -0.05) is 26.0 Å². The molecule has 0 unspecified atom stereocenters. The zero-order chi connectivity index (χ0) is 15.1. The van der Waals surface area contributed by atoms with Crippen molar-refractivity contribution in [2.75, 3.05) is 5.32 Å². The van der Waals surface area contributed by atoms with E-state index in [9.17, 15) is 4.79 Å². The predicted molar refractivity (Wildman–Crippen MR) is 83.5 cm³/mol. The van der Waals surface area contributed by atoms with Gasteiger partial charge in [0, 0.05) is 17.6 Å². The number of carbonyl (C=O) groups excluding carboxylic acids is 1. The van der Waals surface area contributed by atoms with E-state index in [1.54, 1.807) is 0 Å². The molecule has 0 aromatic heterocycles. The van der Waals surface area contributed by atoms with E-state index in [1.807, 2.05) is 52.0 Å². The van der Waals surface area contributed by atoms with Gasteiger partial charge in [-0.05, 0) is 31.5 Å². The number of hydrogen-bond donors (Lipinski definition) is 3. The van der Waals surface area contributed by atoms with E-state index in [2.05, 4.69) is 15.6 Å². The number of aliphatic imine (C=N–C) groups is 1. The Labute approximate surface area is 120 Å². The zero-order valence-electron chi connectivity index (χ0n) is 12.6. The maximum absolute atomic E-state index is 11.6. The highest BCUT2D eigenvalue weighted by Crippen LogP contribution is 2.11. The highest BCUT2D eigenvalue weighted by atomic mass is 16.1. The minimum atomic E-state index is -0.0267. The van der Waals surface area contributed by atoms with Gasteiger partial charge in [0.1, 0.15) is 0 Å². The number of anilines is 1. The van der Waals surface area contributed by atoms with Crippen molar-refractivity contribution < 1.29 is 4.79 Å². The van der Waals surface area contributed by atoms with Crippen LogP contribution in [-0.4, -0.2) is 17.9 Å². The molecule has 1 rings (SSSR count). The average Bonchev–Trinajstić information content (AvgIpc) is 2.37. The molecule has 1 aromatic rings. The summed E-state index contributed by atoms with van der Waals surface area (Å²) in [5, 5.41) is 5.88. The standard InChI is InChI=1S/C15H24N4O/c1-10(2)14(20)19-13-7-5-12(6-8-13)9-17-15(16)18-11(3)4/h5-8,10-11H,9H2,1-4H3,(H,19,20)(H3,16,17,18). The number of carbonyl (C=O) groups is 1. The van der Waals surface area contributed by atoms with Gasteiger partial charge in [0.15, 0.2) is 5.96 Å². The van der Waals surface area contributed by atoms with E-state index in [-0.39, 0.29) is 17.9 Å². The SMILES string of the molecule is CC(C)NC(N)=NCc1ccc(NC(=O)C(C)C)cc1. The zero-order valence-corrected chi connectivity index (χ0v) is 12.6. The van der Waals surface area contributed by atoms with Gasteiger partial charge in [-0.2, -0.15) is 0 Å². The second-order valence-corrected chi connectivity index (χ2v) is 5.34. The van der Waals surface area contributed by atoms with Crippen LogP contribution in [0.1, 0.15) is 33.3 Å². The van der Waals surface area contributed by atoms with Crippen molar-refractivity contribution in [1.29, 1.82) is 0 Å². The topological polar surface area (TPSA) is 79.5 Å². The third-order valence-electron chi connectivity index (χ3n) is 2.61. The summed E-state index contributed by atoms with van der Waals surface area (Å²) in [6.45, 7) is 8.26. The number of amides is 1. The van der Waals surface area contributed by atoms with Crippen LogP contribution in [0.3, 0.4) is 0 Å². The van der Waals surface area contributed by atoms with Gasteiger partial charge < -0.3 is 16.4 Å².